The molecule has 0 saturated heterocycles. The van der Waals surface area contributed by atoms with E-state index in [2.05, 4.69) is 9.97 Å². The summed E-state index contributed by atoms with van der Waals surface area (Å²) in [5, 5.41) is 1.15. The minimum atomic E-state index is 0.228. The maximum Gasteiger partial charge on any atom is 0.227 e. The zero-order chi connectivity index (χ0) is 9.42. The van der Waals surface area contributed by atoms with E-state index in [1.807, 2.05) is 13.0 Å². The first-order chi connectivity index (χ1) is 6.20. The Morgan fingerprint density at radius 2 is 2.23 bits per heavy atom. The molecule has 0 aliphatic rings. The fraction of sp³-hybridized carbons (Fsp3) is 0.250. The van der Waals surface area contributed by atoms with Gasteiger partial charge in [-0.3, -0.25) is 0 Å². The van der Waals surface area contributed by atoms with E-state index in [1.54, 1.807) is 18.4 Å². The average Bonchev–Trinajstić information content (AvgIpc) is 2.43. The van der Waals surface area contributed by atoms with Crippen molar-refractivity contribution in [3.05, 3.63) is 16.2 Å². The van der Waals surface area contributed by atoms with Gasteiger partial charge in [-0.05, 0) is 24.6 Å². The van der Waals surface area contributed by atoms with Gasteiger partial charge in [0.25, 0.3) is 0 Å². The Morgan fingerprint density at radius 3 is 2.92 bits per heavy atom. The summed E-state index contributed by atoms with van der Waals surface area (Å²) < 4.78 is 5.09. The van der Waals surface area contributed by atoms with Crippen molar-refractivity contribution in [2.45, 2.75) is 6.92 Å². The molecule has 0 radical (unpaired) electrons. The molecule has 2 aromatic rings. The van der Waals surface area contributed by atoms with Crippen molar-refractivity contribution in [3.63, 3.8) is 0 Å². The van der Waals surface area contributed by atoms with E-state index in [-0.39, 0.29) is 5.28 Å². The van der Waals surface area contributed by atoms with Crippen molar-refractivity contribution in [3.8, 4) is 5.88 Å². The van der Waals surface area contributed by atoms with Gasteiger partial charge in [0.15, 0.2) is 0 Å². The number of methoxy groups -OCH3 is 1. The Bertz CT molecular complexity index is 455. The molecule has 0 saturated carbocycles. The Hall–Kier alpha value is -0.870. The van der Waals surface area contributed by atoms with Gasteiger partial charge in [0.2, 0.25) is 11.2 Å². The van der Waals surface area contributed by atoms with Crippen LogP contribution in [0.4, 0.5) is 0 Å². The van der Waals surface area contributed by atoms with E-state index in [9.17, 15) is 0 Å². The van der Waals surface area contributed by atoms with Crippen molar-refractivity contribution in [2.75, 3.05) is 7.11 Å². The lowest BCUT2D eigenvalue weighted by atomic mass is 10.4. The molecule has 3 nitrogen and oxygen atoms in total. The fourth-order valence-corrected chi connectivity index (χ4v) is 2.23. The molecule has 0 spiro atoms. The zero-order valence-corrected chi connectivity index (χ0v) is 8.74. The molecule has 0 aliphatic heterocycles. The molecule has 68 valence electrons. The summed E-state index contributed by atoms with van der Waals surface area (Å²) in [6, 6.07) is 2.00. The molecule has 0 fully saturated rings. The molecule has 2 aromatic heterocycles. The van der Waals surface area contributed by atoms with Gasteiger partial charge in [-0.15, -0.1) is 11.3 Å². The SMILES string of the molecule is COc1nc(Cl)nc2sc(C)cc12. The highest BCUT2D eigenvalue weighted by Crippen LogP contribution is 2.30. The van der Waals surface area contributed by atoms with Crippen molar-refractivity contribution in [2.24, 2.45) is 0 Å². The van der Waals surface area contributed by atoms with Crippen LogP contribution >= 0.6 is 22.9 Å². The second kappa shape index (κ2) is 3.12. The number of aromatic nitrogens is 2. The predicted octanol–water partition coefficient (Wildman–Crippen LogP) is 2.66. The number of fused-ring (bicyclic) bond motifs is 1. The Kier molecular flexibility index (Phi) is 2.09. The van der Waals surface area contributed by atoms with Gasteiger partial charge in [0.1, 0.15) is 4.83 Å². The number of nitrogens with zero attached hydrogens (tertiary/aromatic N) is 2. The van der Waals surface area contributed by atoms with Crippen molar-refractivity contribution < 1.29 is 4.74 Å². The first kappa shape index (κ1) is 8.72. The first-order valence-electron chi connectivity index (χ1n) is 3.68. The minimum absolute atomic E-state index is 0.228. The highest BCUT2D eigenvalue weighted by molar-refractivity contribution is 7.18. The summed E-state index contributed by atoms with van der Waals surface area (Å²) in [4.78, 5) is 10.1. The summed E-state index contributed by atoms with van der Waals surface area (Å²) in [5.41, 5.74) is 0. The molecule has 0 amide bonds. The number of thiophene rings is 1. The summed E-state index contributed by atoms with van der Waals surface area (Å²) >= 11 is 7.30. The van der Waals surface area contributed by atoms with Crippen LogP contribution in [-0.2, 0) is 0 Å². The quantitative estimate of drug-likeness (QED) is 0.685. The molecule has 0 aromatic carbocycles. The highest BCUT2D eigenvalue weighted by Gasteiger charge is 2.09. The second-order valence-corrected chi connectivity index (χ2v) is 4.15. The smallest absolute Gasteiger partial charge is 0.227 e. The molecular formula is C8H7ClN2OS. The van der Waals surface area contributed by atoms with Gasteiger partial charge in [-0.1, -0.05) is 0 Å². The molecule has 2 heterocycles. The molecule has 5 heteroatoms. The Labute approximate surface area is 84.3 Å². The van der Waals surface area contributed by atoms with Crippen molar-refractivity contribution >= 4 is 33.2 Å². The summed E-state index contributed by atoms with van der Waals surface area (Å²) in [5.74, 6) is 0.541. The lowest BCUT2D eigenvalue weighted by molar-refractivity contribution is 0.403. The minimum Gasteiger partial charge on any atom is -0.480 e. The molecular weight excluding hydrogens is 208 g/mol. The number of rotatable bonds is 1. The summed E-state index contributed by atoms with van der Waals surface area (Å²) in [7, 11) is 1.57. The number of halogens is 1. The zero-order valence-electron chi connectivity index (χ0n) is 7.17. The second-order valence-electron chi connectivity index (χ2n) is 2.58. The Morgan fingerprint density at radius 1 is 1.46 bits per heavy atom. The number of hydrogen-bond donors (Lipinski definition) is 0. The topological polar surface area (TPSA) is 35.0 Å². The van der Waals surface area contributed by atoms with Crippen LogP contribution in [0.2, 0.25) is 5.28 Å². The van der Waals surface area contributed by atoms with Crippen LogP contribution in [0.3, 0.4) is 0 Å². The number of aryl methyl sites for hydroxylation is 1. The van der Waals surface area contributed by atoms with E-state index >= 15 is 0 Å². The van der Waals surface area contributed by atoms with E-state index in [4.69, 9.17) is 16.3 Å². The van der Waals surface area contributed by atoms with Crippen LogP contribution in [0, 0.1) is 6.92 Å². The fourth-order valence-electron chi connectivity index (χ4n) is 1.15. The molecule has 2 rings (SSSR count). The van der Waals surface area contributed by atoms with E-state index in [1.165, 1.54) is 4.88 Å². The number of ether oxygens (including phenoxy) is 1. The number of hydrogen-bond acceptors (Lipinski definition) is 4. The van der Waals surface area contributed by atoms with Crippen molar-refractivity contribution in [1.29, 1.82) is 0 Å². The third-order valence-corrected chi connectivity index (χ3v) is 2.76. The van der Waals surface area contributed by atoms with Gasteiger partial charge < -0.3 is 4.74 Å². The Balaban J connectivity index is 2.80. The predicted molar refractivity (Wildman–Crippen MR) is 53.7 cm³/mol. The summed E-state index contributed by atoms with van der Waals surface area (Å²) in [6.07, 6.45) is 0. The first-order valence-corrected chi connectivity index (χ1v) is 4.88. The summed E-state index contributed by atoms with van der Waals surface area (Å²) in [6.45, 7) is 2.01. The molecule has 13 heavy (non-hydrogen) atoms. The van der Waals surface area contributed by atoms with Gasteiger partial charge >= 0.3 is 0 Å². The van der Waals surface area contributed by atoms with Crippen LogP contribution in [-0.4, -0.2) is 17.1 Å². The third kappa shape index (κ3) is 1.47. The van der Waals surface area contributed by atoms with E-state index in [0.717, 1.165) is 10.2 Å². The average molecular weight is 215 g/mol. The molecule has 0 atom stereocenters. The molecule has 0 unspecified atom stereocenters. The van der Waals surface area contributed by atoms with Crippen molar-refractivity contribution in [1.82, 2.24) is 9.97 Å². The van der Waals surface area contributed by atoms with E-state index < -0.39 is 0 Å². The maximum absolute atomic E-state index is 5.72. The van der Waals surface area contributed by atoms with Gasteiger partial charge in [-0.25, -0.2) is 4.98 Å². The van der Waals surface area contributed by atoms with Crippen LogP contribution < -0.4 is 4.74 Å². The highest BCUT2D eigenvalue weighted by atomic mass is 35.5. The van der Waals surface area contributed by atoms with Gasteiger partial charge in [-0.2, -0.15) is 4.98 Å². The largest absolute Gasteiger partial charge is 0.480 e. The molecule has 0 aliphatic carbocycles. The molecule has 0 bridgehead atoms. The van der Waals surface area contributed by atoms with Crippen LogP contribution in [0.15, 0.2) is 6.07 Å². The van der Waals surface area contributed by atoms with Crippen LogP contribution in [0.25, 0.3) is 10.2 Å². The lowest BCUT2D eigenvalue weighted by Gasteiger charge is -1.99. The van der Waals surface area contributed by atoms with Gasteiger partial charge in [0.05, 0.1) is 12.5 Å². The van der Waals surface area contributed by atoms with Crippen LogP contribution in [0.1, 0.15) is 4.88 Å². The van der Waals surface area contributed by atoms with Gasteiger partial charge in [0, 0.05) is 4.88 Å². The monoisotopic (exact) mass is 214 g/mol. The van der Waals surface area contributed by atoms with E-state index in [0.29, 0.717) is 5.88 Å². The van der Waals surface area contributed by atoms with Crippen LogP contribution in [0.5, 0.6) is 5.88 Å². The normalized spacial score (nSPS) is 10.7. The lowest BCUT2D eigenvalue weighted by Crippen LogP contribution is -1.89. The standard InChI is InChI=1S/C8H7ClN2OS/c1-4-3-5-6(12-2)10-8(9)11-7(5)13-4/h3H,1-2H3. The third-order valence-electron chi connectivity index (χ3n) is 1.65. The maximum atomic E-state index is 5.72. The molecule has 0 N–H and O–H groups in total.